The molecule has 1 heterocycles. The standard InChI is InChI=1S/C15H22N2O3.2ClH/c18-14(11-17-9-5-2-6-10-17)12-20-15(16-19)13-7-3-1-4-8-13;;/h1,3-4,7-8,14,18-19H,2,5-6,9-12H2;2*1H. The van der Waals surface area contributed by atoms with Gasteiger partial charge in [0.1, 0.15) is 12.7 Å². The van der Waals surface area contributed by atoms with Gasteiger partial charge in [-0.25, -0.2) is 0 Å². The lowest BCUT2D eigenvalue weighted by molar-refractivity contribution is 0.0564. The summed E-state index contributed by atoms with van der Waals surface area (Å²) in [5.41, 5.74) is 0.695. The van der Waals surface area contributed by atoms with E-state index >= 15 is 0 Å². The van der Waals surface area contributed by atoms with Crippen LogP contribution in [0.1, 0.15) is 24.8 Å². The van der Waals surface area contributed by atoms with Crippen LogP contribution in [0.2, 0.25) is 0 Å². The van der Waals surface area contributed by atoms with E-state index < -0.39 is 6.10 Å². The van der Waals surface area contributed by atoms with Crippen LogP contribution in [-0.4, -0.2) is 53.5 Å². The molecule has 0 bridgehead atoms. The van der Waals surface area contributed by atoms with Gasteiger partial charge in [-0.05, 0) is 43.2 Å². The normalized spacial score (nSPS) is 17.0. The average Bonchev–Trinajstić information content (AvgIpc) is 2.50. The van der Waals surface area contributed by atoms with Gasteiger partial charge < -0.3 is 20.0 Å². The average molecular weight is 351 g/mol. The predicted octanol–water partition coefficient (Wildman–Crippen LogP) is 2.53. The van der Waals surface area contributed by atoms with Crippen LogP contribution in [0.25, 0.3) is 0 Å². The minimum absolute atomic E-state index is 0. The van der Waals surface area contributed by atoms with Crippen molar-refractivity contribution in [2.24, 2.45) is 5.16 Å². The molecule has 1 atom stereocenters. The Labute approximate surface area is 143 Å². The maximum atomic E-state index is 9.99. The highest BCUT2D eigenvalue weighted by Crippen LogP contribution is 2.09. The van der Waals surface area contributed by atoms with E-state index in [-0.39, 0.29) is 37.3 Å². The van der Waals surface area contributed by atoms with E-state index in [1.165, 1.54) is 19.3 Å². The van der Waals surface area contributed by atoms with Crippen LogP contribution < -0.4 is 0 Å². The number of likely N-dealkylation sites (tertiary alicyclic amines) is 1. The molecule has 0 radical (unpaired) electrons. The van der Waals surface area contributed by atoms with Gasteiger partial charge >= 0.3 is 0 Å². The number of aliphatic hydroxyl groups is 1. The number of hydrogen-bond acceptors (Lipinski definition) is 5. The Balaban J connectivity index is 0.00000220. The summed E-state index contributed by atoms with van der Waals surface area (Å²) in [6.07, 6.45) is 3.09. The number of β-amino-alcohol motifs (C(OH)–C–C–N with tert-alkyl or cyclic N) is 1. The lowest BCUT2D eigenvalue weighted by atomic mass is 10.1. The Bertz CT molecular complexity index is 426. The van der Waals surface area contributed by atoms with E-state index in [1.807, 2.05) is 18.2 Å². The van der Waals surface area contributed by atoms with E-state index in [1.54, 1.807) is 12.1 Å². The molecule has 5 nitrogen and oxygen atoms in total. The van der Waals surface area contributed by atoms with Crippen molar-refractivity contribution in [3.8, 4) is 0 Å². The Kier molecular flexibility index (Phi) is 11.0. The van der Waals surface area contributed by atoms with Crippen LogP contribution in [0.5, 0.6) is 0 Å². The lowest BCUT2D eigenvalue weighted by Crippen LogP contribution is -2.38. The minimum Gasteiger partial charge on any atom is -0.472 e. The molecule has 2 N–H and O–H groups in total. The number of ether oxygens (including phenoxy) is 1. The van der Waals surface area contributed by atoms with Crippen LogP contribution in [0.4, 0.5) is 0 Å². The third-order valence-electron chi connectivity index (χ3n) is 3.44. The smallest absolute Gasteiger partial charge is 0.257 e. The summed E-state index contributed by atoms with van der Waals surface area (Å²) in [6.45, 7) is 2.81. The van der Waals surface area contributed by atoms with Gasteiger partial charge in [-0.1, -0.05) is 24.6 Å². The number of hydrogen-bond donors (Lipinski definition) is 2. The summed E-state index contributed by atoms with van der Waals surface area (Å²) in [5.74, 6) is 0.142. The molecule has 0 spiro atoms. The molecule has 1 unspecified atom stereocenters. The summed E-state index contributed by atoms with van der Waals surface area (Å²) >= 11 is 0. The van der Waals surface area contributed by atoms with Crippen molar-refractivity contribution in [1.29, 1.82) is 0 Å². The highest BCUT2D eigenvalue weighted by Gasteiger charge is 2.16. The Morgan fingerprint density at radius 2 is 1.77 bits per heavy atom. The van der Waals surface area contributed by atoms with E-state index in [0.717, 1.165) is 13.1 Å². The quantitative estimate of drug-likeness (QED) is 0.370. The molecule has 7 heteroatoms. The first-order valence-corrected chi connectivity index (χ1v) is 7.10. The highest BCUT2D eigenvalue weighted by molar-refractivity contribution is 5.93. The Morgan fingerprint density at radius 3 is 2.36 bits per heavy atom. The van der Waals surface area contributed by atoms with Gasteiger partial charge in [0.15, 0.2) is 0 Å². The predicted molar refractivity (Wildman–Crippen MR) is 91.5 cm³/mol. The maximum Gasteiger partial charge on any atom is 0.257 e. The molecule has 1 aromatic rings. The SMILES string of the molecule is Cl.Cl.ON=C(OCC(O)CN1CCCCC1)c1ccccc1. The van der Waals surface area contributed by atoms with Crippen LogP contribution in [-0.2, 0) is 4.74 Å². The fourth-order valence-electron chi connectivity index (χ4n) is 2.42. The largest absolute Gasteiger partial charge is 0.472 e. The van der Waals surface area contributed by atoms with Crippen LogP contribution in [0.3, 0.4) is 0 Å². The van der Waals surface area contributed by atoms with Gasteiger partial charge in [0.05, 0.1) is 0 Å². The number of rotatable bonds is 5. The maximum absolute atomic E-state index is 9.99. The van der Waals surface area contributed by atoms with Crippen molar-refractivity contribution in [3.05, 3.63) is 35.9 Å². The van der Waals surface area contributed by atoms with Crippen molar-refractivity contribution in [1.82, 2.24) is 4.90 Å². The molecule has 22 heavy (non-hydrogen) atoms. The van der Waals surface area contributed by atoms with Crippen molar-refractivity contribution in [2.75, 3.05) is 26.2 Å². The molecular weight excluding hydrogens is 327 g/mol. The highest BCUT2D eigenvalue weighted by atomic mass is 35.5. The summed E-state index contributed by atoms with van der Waals surface area (Å²) in [7, 11) is 0. The zero-order valence-corrected chi connectivity index (χ0v) is 14.1. The second-order valence-electron chi connectivity index (χ2n) is 5.10. The third kappa shape index (κ3) is 6.83. The van der Waals surface area contributed by atoms with Gasteiger partial charge in [0.2, 0.25) is 0 Å². The molecule has 2 rings (SSSR count). The van der Waals surface area contributed by atoms with Crippen LogP contribution in [0, 0.1) is 0 Å². The number of benzene rings is 1. The summed E-state index contributed by atoms with van der Waals surface area (Å²) < 4.78 is 5.40. The van der Waals surface area contributed by atoms with Gasteiger partial charge in [-0.15, -0.1) is 24.8 Å². The first-order valence-electron chi connectivity index (χ1n) is 7.10. The first-order chi connectivity index (χ1) is 9.79. The molecule has 1 saturated heterocycles. The van der Waals surface area contributed by atoms with Crippen molar-refractivity contribution in [3.63, 3.8) is 0 Å². The monoisotopic (exact) mass is 350 g/mol. The minimum atomic E-state index is -0.575. The first kappa shape index (κ1) is 21.0. The van der Waals surface area contributed by atoms with Gasteiger partial charge in [0.25, 0.3) is 5.90 Å². The fraction of sp³-hybridized carbons (Fsp3) is 0.533. The molecule has 1 aliphatic rings. The third-order valence-corrected chi connectivity index (χ3v) is 3.44. The van der Waals surface area contributed by atoms with Crippen molar-refractivity contribution < 1.29 is 15.1 Å². The molecule has 0 aromatic heterocycles. The van der Waals surface area contributed by atoms with E-state index in [4.69, 9.17) is 9.94 Å². The summed E-state index contributed by atoms with van der Waals surface area (Å²) in [5, 5.41) is 22.1. The van der Waals surface area contributed by atoms with E-state index in [0.29, 0.717) is 12.1 Å². The molecule has 1 aromatic carbocycles. The molecule has 1 aliphatic heterocycles. The zero-order valence-electron chi connectivity index (χ0n) is 12.4. The number of oxime groups is 1. The molecular formula is C15H24Cl2N2O3. The number of nitrogens with zero attached hydrogens (tertiary/aromatic N) is 2. The van der Waals surface area contributed by atoms with Crippen molar-refractivity contribution in [2.45, 2.75) is 25.4 Å². The zero-order chi connectivity index (χ0) is 14.2. The number of halogens is 2. The molecule has 0 aliphatic carbocycles. The van der Waals surface area contributed by atoms with Gasteiger partial charge in [-0.3, -0.25) is 0 Å². The van der Waals surface area contributed by atoms with Crippen LogP contribution in [0.15, 0.2) is 35.5 Å². The van der Waals surface area contributed by atoms with E-state index in [2.05, 4.69) is 10.1 Å². The van der Waals surface area contributed by atoms with E-state index in [9.17, 15) is 5.11 Å². The summed E-state index contributed by atoms with van der Waals surface area (Å²) in [6, 6.07) is 9.16. The fourth-order valence-corrected chi connectivity index (χ4v) is 2.42. The number of piperidine rings is 1. The molecule has 126 valence electrons. The number of aliphatic hydroxyl groups excluding tert-OH is 1. The Morgan fingerprint density at radius 1 is 1.14 bits per heavy atom. The molecule has 0 amide bonds. The van der Waals surface area contributed by atoms with Gasteiger partial charge in [-0.2, -0.15) is 0 Å². The lowest BCUT2D eigenvalue weighted by Gasteiger charge is -2.28. The second-order valence-corrected chi connectivity index (χ2v) is 5.10. The molecule has 1 fully saturated rings. The molecule has 0 saturated carbocycles. The Hall–Kier alpha value is -1.01. The summed E-state index contributed by atoms with van der Waals surface area (Å²) in [4.78, 5) is 2.25. The second kappa shape index (κ2) is 11.5. The van der Waals surface area contributed by atoms with Gasteiger partial charge in [0, 0.05) is 12.1 Å². The van der Waals surface area contributed by atoms with Crippen LogP contribution >= 0.6 is 24.8 Å². The topological polar surface area (TPSA) is 65.3 Å². The van der Waals surface area contributed by atoms with Crippen molar-refractivity contribution >= 4 is 30.7 Å².